The number of carbonyl (C=O) groups excluding carboxylic acids is 1. The minimum atomic E-state index is -0.259. The highest BCUT2D eigenvalue weighted by Crippen LogP contribution is 2.23. The molecule has 124 valence electrons. The molecule has 1 heterocycles. The van der Waals surface area contributed by atoms with Gasteiger partial charge in [-0.25, -0.2) is 4.79 Å². The number of urea groups is 1. The van der Waals surface area contributed by atoms with Crippen molar-refractivity contribution in [3.8, 4) is 0 Å². The Morgan fingerprint density at radius 2 is 2.00 bits per heavy atom. The maximum absolute atomic E-state index is 12.2. The summed E-state index contributed by atoms with van der Waals surface area (Å²) >= 11 is 0. The Morgan fingerprint density at radius 1 is 1.26 bits per heavy atom. The molecule has 0 aliphatic rings. The van der Waals surface area contributed by atoms with Gasteiger partial charge in [-0.3, -0.25) is 4.68 Å². The molecule has 0 fully saturated rings. The van der Waals surface area contributed by atoms with Gasteiger partial charge in [-0.1, -0.05) is 32.0 Å². The zero-order chi connectivity index (χ0) is 16.8. The second-order valence-electron chi connectivity index (χ2n) is 6.12. The Hall–Kier alpha value is -2.34. The van der Waals surface area contributed by atoms with Gasteiger partial charge < -0.3 is 15.5 Å². The van der Waals surface area contributed by atoms with E-state index in [1.807, 2.05) is 49.2 Å². The molecule has 0 bridgehead atoms. The van der Waals surface area contributed by atoms with Crippen molar-refractivity contribution in [2.45, 2.75) is 26.3 Å². The summed E-state index contributed by atoms with van der Waals surface area (Å²) in [5.41, 5.74) is 2.63. The summed E-state index contributed by atoms with van der Waals surface area (Å²) in [7, 11) is 4.03. The molecule has 2 aromatic rings. The summed E-state index contributed by atoms with van der Waals surface area (Å²) in [6, 6.07) is 7.58. The molecule has 6 heteroatoms. The van der Waals surface area contributed by atoms with Crippen molar-refractivity contribution < 1.29 is 4.79 Å². The molecular formula is C17H25N5O. The average Bonchev–Trinajstić information content (AvgIpc) is 2.92. The quantitative estimate of drug-likeness (QED) is 0.860. The molecule has 1 aromatic carbocycles. The first-order chi connectivity index (χ1) is 11.0. The molecule has 0 atom stereocenters. The normalized spacial score (nSPS) is 11.0. The van der Waals surface area contributed by atoms with Gasteiger partial charge in [0.05, 0.1) is 18.4 Å². The molecule has 0 spiro atoms. The van der Waals surface area contributed by atoms with Crippen LogP contribution in [0.3, 0.4) is 0 Å². The third-order valence-electron chi connectivity index (χ3n) is 3.50. The monoisotopic (exact) mass is 315 g/mol. The molecule has 2 amide bonds. The number of likely N-dealkylation sites (N-methyl/N-ethyl adjacent to an activating group) is 1. The predicted octanol–water partition coefficient (Wildman–Crippen LogP) is 3.21. The van der Waals surface area contributed by atoms with Gasteiger partial charge in [-0.05, 0) is 31.6 Å². The van der Waals surface area contributed by atoms with Crippen molar-refractivity contribution in [2.24, 2.45) is 0 Å². The van der Waals surface area contributed by atoms with Gasteiger partial charge in [0.15, 0.2) is 0 Å². The summed E-state index contributed by atoms with van der Waals surface area (Å²) in [6.45, 7) is 5.89. The molecule has 0 saturated carbocycles. The Labute approximate surface area is 137 Å². The van der Waals surface area contributed by atoms with E-state index in [1.165, 1.54) is 0 Å². The Bertz CT molecular complexity index is 648. The van der Waals surface area contributed by atoms with Gasteiger partial charge >= 0.3 is 6.03 Å². The van der Waals surface area contributed by atoms with Crippen LogP contribution in [-0.2, 0) is 6.54 Å². The van der Waals surface area contributed by atoms with Gasteiger partial charge in [0, 0.05) is 18.4 Å². The first kappa shape index (κ1) is 17.0. The number of carbonyl (C=O) groups is 1. The molecule has 2 rings (SSSR count). The van der Waals surface area contributed by atoms with Crippen molar-refractivity contribution >= 4 is 17.4 Å². The lowest BCUT2D eigenvalue weighted by atomic mass is 10.0. The number of anilines is 2. The summed E-state index contributed by atoms with van der Waals surface area (Å²) in [4.78, 5) is 14.3. The number of benzene rings is 1. The molecule has 0 aliphatic heterocycles. The van der Waals surface area contributed by atoms with Gasteiger partial charge in [0.2, 0.25) is 0 Å². The summed E-state index contributed by atoms with van der Waals surface area (Å²) in [5.74, 6) is 0.347. The number of aromatic nitrogens is 2. The fraction of sp³-hybridized carbons (Fsp3) is 0.412. The van der Waals surface area contributed by atoms with Crippen LogP contribution in [0.25, 0.3) is 0 Å². The number of hydrogen-bond acceptors (Lipinski definition) is 3. The second kappa shape index (κ2) is 7.78. The van der Waals surface area contributed by atoms with E-state index in [2.05, 4.69) is 34.5 Å². The molecule has 23 heavy (non-hydrogen) atoms. The fourth-order valence-electron chi connectivity index (χ4n) is 2.25. The number of rotatable bonds is 6. The second-order valence-corrected chi connectivity index (χ2v) is 6.12. The van der Waals surface area contributed by atoms with Gasteiger partial charge in [-0.2, -0.15) is 5.10 Å². The van der Waals surface area contributed by atoms with E-state index in [0.717, 1.165) is 24.3 Å². The van der Waals surface area contributed by atoms with E-state index < -0.39 is 0 Å². The molecule has 0 radical (unpaired) electrons. The van der Waals surface area contributed by atoms with Gasteiger partial charge in [-0.15, -0.1) is 0 Å². The van der Waals surface area contributed by atoms with Crippen LogP contribution in [-0.4, -0.2) is 41.4 Å². The van der Waals surface area contributed by atoms with E-state index in [1.54, 1.807) is 6.20 Å². The molecule has 0 aliphatic carbocycles. The highest BCUT2D eigenvalue weighted by molar-refractivity contribution is 6.00. The highest BCUT2D eigenvalue weighted by atomic mass is 16.2. The molecule has 0 saturated heterocycles. The van der Waals surface area contributed by atoms with Crippen molar-refractivity contribution in [1.82, 2.24) is 14.7 Å². The van der Waals surface area contributed by atoms with Crippen molar-refractivity contribution in [3.05, 3.63) is 42.2 Å². The fourth-order valence-corrected chi connectivity index (χ4v) is 2.25. The molecule has 2 N–H and O–H groups in total. The van der Waals surface area contributed by atoms with Crippen molar-refractivity contribution in [1.29, 1.82) is 0 Å². The van der Waals surface area contributed by atoms with Crippen LogP contribution in [0.2, 0.25) is 0 Å². The van der Waals surface area contributed by atoms with Gasteiger partial charge in [0.1, 0.15) is 0 Å². The smallest absolute Gasteiger partial charge is 0.308 e. The van der Waals surface area contributed by atoms with Crippen LogP contribution >= 0.6 is 0 Å². The van der Waals surface area contributed by atoms with Crippen molar-refractivity contribution in [2.75, 3.05) is 31.3 Å². The first-order valence-electron chi connectivity index (χ1n) is 7.80. The summed E-state index contributed by atoms with van der Waals surface area (Å²) in [6.07, 6.45) is 3.49. The van der Waals surface area contributed by atoms with Crippen LogP contribution in [0.4, 0.5) is 16.2 Å². The highest BCUT2D eigenvalue weighted by Gasteiger charge is 2.10. The topological polar surface area (TPSA) is 62.2 Å². The largest absolute Gasteiger partial charge is 0.323 e. The van der Waals surface area contributed by atoms with E-state index in [0.29, 0.717) is 11.6 Å². The summed E-state index contributed by atoms with van der Waals surface area (Å²) in [5, 5.41) is 9.96. The van der Waals surface area contributed by atoms with E-state index in [-0.39, 0.29) is 6.03 Å². The third kappa shape index (κ3) is 5.10. The molecule has 0 unspecified atom stereocenters. The average molecular weight is 315 g/mol. The Kier molecular flexibility index (Phi) is 5.76. The van der Waals surface area contributed by atoms with Gasteiger partial charge in [0.25, 0.3) is 0 Å². The standard InChI is InChI=1S/C17H25N5O/c1-13(2)15-7-5-6-8-16(15)20-17(23)19-14-11-18-22(12-14)10-9-21(3)4/h5-8,11-13H,9-10H2,1-4H3,(H2,19,20,23). The lowest BCUT2D eigenvalue weighted by molar-refractivity contribution is 0.262. The lowest BCUT2D eigenvalue weighted by Crippen LogP contribution is -2.20. The van der Waals surface area contributed by atoms with E-state index in [9.17, 15) is 4.79 Å². The van der Waals surface area contributed by atoms with Crippen LogP contribution in [0.15, 0.2) is 36.7 Å². The number of hydrogen-bond donors (Lipinski definition) is 2. The summed E-state index contributed by atoms with van der Waals surface area (Å²) < 4.78 is 1.82. The zero-order valence-corrected chi connectivity index (χ0v) is 14.2. The minimum absolute atomic E-state index is 0.259. The third-order valence-corrected chi connectivity index (χ3v) is 3.50. The number of para-hydroxylation sites is 1. The minimum Gasteiger partial charge on any atom is -0.308 e. The van der Waals surface area contributed by atoms with Crippen molar-refractivity contribution in [3.63, 3.8) is 0 Å². The van der Waals surface area contributed by atoms with Crippen LogP contribution in [0.1, 0.15) is 25.3 Å². The van der Waals surface area contributed by atoms with Crippen LogP contribution in [0.5, 0.6) is 0 Å². The van der Waals surface area contributed by atoms with Crippen LogP contribution in [0, 0.1) is 0 Å². The zero-order valence-electron chi connectivity index (χ0n) is 14.2. The number of nitrogens with zero attached hydrogens (tertiary/aromatic N) is 3. The number of amides is 2. The predicted molar refractivity (Wildman–Crippen MR) is 94.0 cm³/mol. The van der Waals surface area contributed by atoms with E-state index in [4.69, 9.17) is 0 Å². The lowest BCUT2D eigenvalue weighted by Gasteiger charge is -2.13. The SMILES string of the molecule is CC(C)c1ccccc1NC(=O)Nc1cnn(CCN(C)C)c1. The Morgan fingerprint density at radius 3 is 2.70 bits per heavy atom. The maximum atomic E-state index is 12.2. The Balaban J connectivity index is 1.95. The molecule has 6 nitrogen and oxygen atoms in total. The number of nitrogens with one attached hydrogen (secondary N) is 2. The molecular weight excluding hydrogens is 290 g/mol. The first-order valence-corrected chi connectivity index (χ1v) is 7.80. The van der Waals surface area contributed by atoms with E-state index >= 15 is 0 Å². The van der Waals surface area contributed by atoms with Crippen LogP contribution < -0.4 is 10.6 Å². The molecule has 1 aromatic heterocycles. The maximum Gasteiger partial charge on any atom is 0.323 e.